The zero-order valence-electron chi connectivity index (χ0n) is 11.8. The summed E-state index contributed by atoms with van der Waals surface area (Å²) in [4.78, 5) is 4.02. The number of nitrogens with one attached hydrogen (secondary N) is 1. The van der Waals surface area contributed by atoms with E-state index in [2.05, 4.69) is 47.6 Å². The van der Waals surface area contributed by atoms with Crippen molar-refractivity contribution in [2.45, 2.75) is 32.2 Å². The Balaban J connectivity index is 1.92. The number of hydrogen-bond acceptors (Lipinski definition) is 2. The molecule has 0 saturated carbocycles. The van der Waals surface area contributed by atoms with Gasteiger partial charge in [-0.25, -0.2) is 0 Å². The Morgan fingerprint density at radius 1 is 1.20 bits per heavy atom. The monoisotopic (exact) mass is 288 g/mol. The highest BCUT2D eigenvalue weighted by atomic mass is 35.5. The summed E-state index contributed by atoms with van der Waals surface area (Å²) in [6.07, 6.45) is 6.74. The van der Waals surface area contributed by atoms with Crippen LogP contribution in [-0.2, 0) is 6.42 Å². The summed E-state index contributed by atoms with van der Waals surface area (Å²) in [6.45, 7) is 3.13. The van der Waals surface area contributed by atoms with Crippen LogP contribution in [0.15, 0.2) is 48.8 Å². The number of halogens is 1. The van der Waals surface area contributed by atoms with Gasteiger partial charge in [0.2, 0.25) is 0 Å². The number of benzene rings is 1. The van der Waals surface area contributed by atoms with Crippen molar-refractivity contribution in [3.8, 4) is 0 Å². The SMILES string of the molecule is CCNC(CCCc1ccncc1Cl)c1ccccc1. The van der Waals surface area contributed by atoms with Crippen LogP contribution in [0.4, 0.5) is 0 Å². The van der Waals surface area contributed by atoms with Gasteiger partial charge in [-0.1, -0.05) is 48.9 Å². The maximum atomic E-state index is 6.14. The third-order valence-corrected chi connectivity index (χ3v) is 3.79. The first kappa shape index (κ1) is 15.0. The molecule has 0 spiro atoms. The minimum absolute atomic E-state index is 0.418. The van der Waals surface area contributed by atoms with Crippen molar-refractivity contribution < 1.29 is 0 Å². The molecule has 1 N–H and O–H groups in total. The van der Waals surface area contributed by atoms with Gasteiger partial charge in [0.05, 0.1) is 5.02 Å². The summed E-state index contributed by atoms with van der Waals surface area (Å²) < 4.78 is 0. The molecule has 0 aliphatic carbocycles. The topological polar surface area (TPSA) is 24.9 Å². The third kappa shape index (κ3) is 4.32. The summed E-state index contributed by atoms with van der Waals surface area (Å²) in [5.41, 5.74) is 2.54. The van der Waals surface area contributed by atoms with Crippen molar-refractivity contribution in [3.05, 3.63) is 64.9 Å². The lowest BCUT2D eigenvalue weighted by atomic mass is 9.99. The van der Waals surface area contributed by atoms with Crippen LogP contribution in [-0.4, -0.2) is 11.5 Å². The highest BCUT2D eigenvalue weighted by molar-refractivity contribution is 6.31. The lowest BCUT2D eigenvalue weighted by Gasteiger charge is -2.18. The number of aromatic nitrogens is 1. The van der Waals surface area contributed by atoms with Crippen LogP contribution in [0.1, 0.15) is 36.9 Å². The van der Waals surface area contributed by atoms with Gasteiger partial charge in [0.15, 0.2) is 0 Å². The molecule has 1 heterocycles. The molecule has 0 aliphatic heterocycles. The average Bonchev–Trinajstić information content (AvgIpc) is 2.49. The molecule has 0 fully saturated rings. The minimum Gasteiger partial charge on any atom is -0.310 e. The van der Waals surface area contributed by atoms with Crippen LogP contribution in [0.2, 0.25) is 5.02 Å². The number of pyridine rings is 1. The van der Waals surface area contributed by atoms with E-state index in [4.69, 9.17) is 11.6 Å². The van der Waals surface area contributed by atoms with E-state index in [9.17, 15) is 0 Å². The largest absolute Gasteiger partial charge is 0.310 e. The van der Waals surface area contributed by atoms with Crippen LogP contribution in [0.25, 0.3) is 0 Å². The van der Waals surface area contributed by atoms with Crippen LogP contribution >= 0.6 is 11.6 Å². The molecule has 0 radical (unpaired) electrons. The van der Waals surface area contributed by atoms with Crippen LogP contribution in [0.5, 0.6) is 0 Å². The highest BCUT2D eigenvalue weighted by Gasteiger charge is 2.09. The summed E-state index contributed by atoms with van der Waals surface area (Å²) in [7, 11) is 0. The number of aryl methyl sites for hydroxylation is 1. The number of hydrogen-bond donors (Lipinski definition) is 1. The van der Waals surface area contributed by atoms with Crippen LogP contribution < -0.4 is 5.32 Å². The van der Waals surface area contributed by atoms with Crippen molar-refractivity contribution in [2.75, 3.05) is 6.54 Å². The molecule has 0 aliphatic rings. The van der Waals surface area contributed by atoms with E-state index in [0.29, 0.717) is 6.04 Å². The first-order valence-electron chi connectivity index (χ1n) is 7.18. The quantitative estimate of drug-likeness (QED) is 0.816. The normalized spacial score (nSPS) is 12.3. The molecule has 0 amide bonds. The van der Waals surface area contributed by atoms with E-state index in [1.54, 1.807) is 12.4 Å². The Morgan fingerprint density at radius 3 is 2.70 bits per heavy atom. The van der Waals surface area contributed by atoms with Crippen molar-refractivity contribution in [2.24, 2.45) is 0 Å². The Labute approximate surface area is 126 Å². The van der Waals surface area contributed by atoms with Gasteiger partial charge in [-0.2, -0.15) is 0 Å². The van der Waals surface area contributed by atoms with Crippen molar-refractivity contribution in [1.29, 1.82) is 0 Å². The standard InChI is InChI=1S/C17H21ClN2/c1-2-20-17(15-7-4-3-5-8-15)10-6-9-14-11-12-19-13-16(14)18/h3-5,7-8,11-13,17,20H,2,6,9-10H2,1H3. The van der Waals surface area contributed by atoms with Gasteiger partial charge < -0.3 is 5.32 Å². The average molecular weight is 289 g/mol. The predicted octanol–water partition coefficient (Wildman–Crippen LogP) is 4.41. The predicted molar refractivity (Wildman–Crippen MR) is 85.0 cm³/mol. The van der Waals surface area contributed by atoms with Gasteiger partial charge in [-0.3, -0.25) is 4.98 Å². The second-order valence-corrected chi connectivity index (χ2v) is 5.29. The van der Waals surface area contributed by atoms with Crippen molar-refractivity contribution in [1.82, 2.24) is 10.3 Å². The zero-order chi connectivity index (χ0) is 14.2. The smallest absolute Gasteiger partial charge is 0.0621 e. The fourth-order valence-electron chi connectivity index (χ4n) is 2.42. The number of rotatable bonds is 7. The summed E-state index contributed by atoms with van der Waals surface area (Å²) >= 11 is 6.14. The maximum absolute atomic E-state index is 6.14. The van der Waals surface area contributed by atoms with E-state index in [1.807, 2.05) is 6.07 Å². The van der Waals surface area contributed by atoms with Crippen LogP contribution in [0, 0.1) is 0 Å². The summed E-state index contributed by atoms with van der Waals surface area (Å²) in [5, 5.41) is 4.33. The molecule has 1 aromatic carbocycles. The molecular formula is C17H21ClN2. The molecule has 0 saturated heterocycles. The van der Waals surface area contributed by atoms with E-state index >= 15 is 0 Å². The van der Waals surface area contributed by atoms with E-state index in [1.165, 1.54) is 11.1 Å². The molecule has 0 bridgehead atoms. The van der Waals surface area contributed by atoms with Crippen molar-refractivity contribution >= 4 is 11.6 Å². The van der Waals surface area contributed by atoms with E-state index in [0.717, 1.165) is 30.8 Å². The van der Waals surface area contributed by atoms with Crippen LogP contribution in [0.3, 0.4) is 0 Å². The van der Waals surface area contributed by atoms with E-state index < -0.39 is 0 Å². The second-order valence-electron chi connectivity index (χ2n) is 4.88. The Bertz CT molecular complexity index is 513. The van der Waals surface area contributed by atoms with Crippen molar-refractivity contribution in [3.63, 3.8) is 0 Å². The second kappa shape index (κ2) is 8.03. The molecule has 20 heavy (non-hydrogen) atoms. The van der Waals surface area contributed by atoms with Gasteiger partial charge in [0.1, 0.15) is 0 Å². The fourth-order valence-corrected chi connectivity index (χ4v) is 2.64. The lowest BCUT2D eigenvalue weighted by Crippen LogP contribution is -2.20. The van der Waals surface area contributed by atoms with Gasteiger partial charge in [-0.05, 0) is 43.0 Å². The Kier molecular flexibility index (Phi) is 6.03. The van der Waals surface area contributed by atoms with E-state index in [-0.39, 0.29) is 0 Å². The molecule has 106 valence electrons. The summed E-state index contributed by atoms with van der Waals surface area (Å²) in [5.74, 6) is 0. The molecule has 2 aromatic rings. The number of nitrogens with zero attached hydrogens (tertiary/aromatic N) is 1. The molecule has 1 aromatic heterocycles. The first-order chi connectivity index (χ1) is 9.81. The van der Waals surface area contributed by atoms with Gasteiger partial charge >= 0.3 is 0 Å². The zero-order valence-corrected chi connectivity index (χ0v) is 12.6. The van der Waals surface area contributed by atoms with Gasteiger partial charge in [-0.15, -0.1) is 0 Å². The minimum atomic E-state index is 0.418. The van der Waals surface area contributed by atoms with Gasteiger partial charge in [0.25, 0.3) is 0 Å². The molecule has 1 unspecified atom stereocenters. The molecule has 3 heteroatoms. The van der Waals surface area contributed by atoms with Gasteiger partial charge in [0, 0.05) is 18.4 Å². The molecule has 2 rings (SSSR count). The highest BCUT2D eigenvalue weighted by Crippen LogP contribution is 2.21. The Hall–Kier alpha value is -1.38. The lowest BCUT2D eigenvalue weighted by molar-refractivity contribution is 0.498. The summed E-state index contributed by atoms with van der Waals surface area (Å²) in [6, 6.07) is 13.1. The fraction of sp³-hybridized carbons (Fsp3) is 0.353. The third-order valence-electron chi connectivity index (χ3n) is 3.45. The first-order valence-corrected chi connectivity index (χ1v) is 7.55. The molecular weight excluding hydrogens is 268 g/mol. The molecule has 2 nitrogen and oxygen atoms in total. The molecule has 1 atom stereocenters. The maximum Gasteiger partial charge on any atom is 0.0621 e. The Morgan fingerprint density at radius 2 is 2.00 bits per heavy atom.